The minimum atomic E-state index is -1.79. The van der Waals surface area contributed by atoms with Crippen molar-refractivity contribution in [3.63, 3.8) is 0 Å². The lowest BCUT2D eigenvalue weighted by Crippen LogP contribution is -2.45. The fourth-order valence-corrected chi connectivity index (χ4v) is 1.73. The number of carbonyl (C=O) groups excluding carboxylic acids is 2. The van der Waals surface area contributed by atoms with Gasteiger partial charge in [0.15, 0.2) is 5.96 Å². The van der Waals surface area contributed by atoms with E-state index in [1.807, 2.05) is 0 Å². The molecule has 1 rings (SSSR count). The molecule has 0 bridgehead atoms. The van der Waals surface area contributed by atoms with Crippen LogP contribution < -0.4 is 16.2 Å². The molecule has 0 saturated carbocycles. The SMILES string of the molecule is CC(C)(C)O[C@@](C)(N=C=O)C(=O)Oc1ccc(N=C(N)N)cc1. The third-order valence-electron chi connectivity index (χ3n) is 2.45. The van der Waals surface area contributed by atoms with Crippen molar-refractivity contribution < 1.29 is 19.1 Å². The Labute approximate surface area is 134 Å². The number of hydrogen-bond donors (Lipinski definition) is 2. The van der Waals surface area contributed by atoms with Crippen molar-refractivity contribution in [2.24, 2.45) is 21.5 Å². The van der Waals surface area contributed by atoms with Crippen LogP contribution in [0.2, 0.25) is 0 Å². The Bertz CT molecular complexity index is 638. The van der Waals surface area contributed by atoms with Gasteiger partial charge in [0, 0.05) is 0 Å². The molecule has 8 nitrogen and oxygen atoms in total. The number of ether oxygens (including phenoxy) is 2. The molecule has 0 fully saturated rings. The first kappa shape index (κ1) is 18.3. The standard InChI is InChI=1S/C15H20N4O4/c1-14(2,3)23-15(4,18-9-20)12(21)22-11-7-5-10(6-8-11)19-13(16)17/h5-8H,1-4H3,(H4,16,17,19)/t15-/m1/s1. The predicted octanol–water partition coefficient (Wildman–Crippen LogP) is 1.36. The second-order valence-corrected chi connectivity index (χ2v) is 5.82. The zero-order chi connectivity index (χ0) is 17.7. The van der Waals surface area contributed by atoms with Gasteiger partial charge in [-0.05, 0) is 52.0 Å². The van der Waals surface area contributed by atoms with E-state index in [-0.39, 0.29) is 11.7 Å². The van der Waals surface area contributed by atoms with E-state index >= 15 is 0 Å². The zero-order valence-electron chi connectivity index (χ0n) is 13.5. The van der Waals surface area contributed by atoms with Crippen molar-refractivity contribution in [1.82, 2.24) is 0 Å². The highest BCUT2D eigenvalue weighted by atomic mass is 16.6. The molecule has 0 heterocycles. The van der Waals surface area contributed by atoms with Gasteiger partial charge >= 0.3 is 5.97 Å². The highest BCUT2D eigenvalue weighted by molar-refractivity contribution is 5.82. The third kappa shape index (κ3) is 5.90. The molecule has 0 aliphatic carbocycles. The summed E-state index contributed by atoms with van der Waals surface area (Å²) in [7, 11) is 0. The van der Waals surface area contributed by atoms with E-state index in [0.29, 0.717) is 5.69 Å². The molecule has 0 aliphatic heterocycles. The maximum Gasteiger partial charge on any atom is 0.367 e. The topological polar surface area (TPSA) is 129 Å². The van der Waals surface area contributed by atoms with Crippen molar-refractivity contribution in [2.75, 3.05) is 0 Å². The smallest absolute Gasteiger partial charge is 0.367 e. The van der Waals surface area contributed by atoms with Crippen LogP contribution in [0.1, 0.15) is 27.7 Å². The fourth-order valence-electron chi connectivity index (χ4n) is 1.73. The van der Waals surface area contributed by atoms with Gasteiger partial charge in [-0.25, -0.2) is 14.6 Å². The van der Waals surface area contributed by atoms with Crippen molar-refractivity contribution in [3.05, 3.63) is 24.3 Å². The second-order valence-electron chi connectivity index (χ2n) is 5.82. The van der Waals surface area contributed by atoms with E-state index in [0.717, 1.165) is 0 Å². The van der Waals surface area contributed by atoms with Crippen LogP contribution in [0, 0.1) is 0 Å². The number of aliphatic imine (C=N–C) groups is 2. The Kier molecular flexibility index (Phi) is 5.62. The minimum Gasteiger partial charge on any atom is -0.423 e. The molecule has 1 aromatic rings. The molecule has 8 heteroatoms. The number of nitrogens with two attached hydrogens (primary N) is 2. The molecule has 0 aliphatic rings. The van der Waals surface area contributed by atoms with Crippen LogP contribution >= 0.6 is 0 Å². The summed E-state index contributed by atoms with van der Waals surface area (Å²) < 4.78 is 10.7. The van der Waals surface area contributed by atoms with Gasteiger partial charge in [0.2, 0.25) is 6.08 Å². The Balaban J connectivity index is 2.95. The van der Waals surface area contributed by atoms with E-state index in [1.54, 1.807) is 32.9 Å². The summed E-state index contributed by atoms with van der Waals surface area (Å²) in [6.07, 6.45) is 1.33. The maximum absolute atomic E-state index is 12.3. The molecule has 4 N–H and O–H groups in total. The van der Waals surface area contributed by atoms with Crippen LogP contribution in [0.15, 0.2) is 34.3 Å². The number of carbonyl (C=O) groups is 1. The molecule has 1 atom stereocenters. The molecule has 0 unspecified atom stereocenters. The first-order chi connectivity index (χ1) is 10.6. The van der Waals surface area contributed by atoms with Crippen LogP contribution in [0.3, 0.4) is 0 Å². The van der Waals surface area contributed by atoms with Crippen LogP contribution in [-0.2, 0) is 14.3 Å². The highest BCUT2D eigenvalue weighted by Gasteiger charge is 2.40. The Morgan fingerprint density at radius 1 is 1.13 bits per heavy atom. The average molecular weight is 320 g/mol. The highest BCUT2D eigenvalue weighted by Crippen LogP contribution is 2.25. The predicted molar refractivity (Wildman–Crippen MR) is 84.9 cm³/mol. The summed E-state index contributed by atoms with van der Waals surface area (Å²) in [6, 6.07) is 6.13. The van der Waals surface area contributed by atoms with Gasteiger partial charge in [0.25, 0.3) is 5.72 Å². The second kappa shape index (κ2) is 7.04. The minimum absolute atomic E-state index is 0.0822. The fraction of sp³-hybridized carbons (Fsp3) is 0.400. The number of esters is 1. The molecule has 1 aromatic carbocycles. The number of guanidine groups is 1. The van der Waals surface area contributed by atoms with Crippen LogP contribution in [0.25, 0.3) is 0 Å². The first-order valence-electron chi connectivity index (χ1n) is 6.77. The van der Waals surface area contributed by atoms with Gasteiger partial charge in [-0.1, -0.05) is 0 Å². The Morgan fingerprint density at radius 2 is 1.70 bits per heavy atom. The molecule has 0 saturated heterocycles. The van der Waals surface area contributed by atoms with Gasteiger partial charge < -0.3 is 20.9 Å². The summed E-state index contributed by atoms with van der Waals surface area (Å²) in [5.74, 6) is -0.694. The van der Waals surface area contributed by atoms with E-state index in [4.69, 9.17) is 20.9 Å². The van der Waals surface area contributed by atoms with E-state index in [2.05, 4.69) is 9.98 Å². The largest absolute Gasteiger partial charge is 0.423 e. The molecule has 0 amide bonds. The molecule has 23 heavy (non-hydrogen) atoms. The number of nitrogens with zero attached hydrogens (tertiary/aromatic N) is 2. The van der Waals surface area contributed by atoms with E-state index in [9.17, 15) is 9.59 Å². The summed E-state index contributed by atoms with van der Waals surface area (Å²) in [6.45, 7) is 6.51. The van der Waals surface area contributed by atoms with Crippen LogP contribution in [0.4, 0.5) is 5.69 Å². The summed E-state index contributed by atoms with van der Waals surface area (Å²) in [5, 5.41) is 0. The van der Waals surface area contributed by atoms with Gasteiger partial charge in [0.1, 0.15) is 5.75 Å². The molecule has 0 spiro atoms. The number of hydrogen-bond acceptors (Lipinski definition) is 6. The first-order valence-corrected chi connectivity index (χ1v) is 6.77. The van der Waals surface area contributed by atoms with Crippen molar-refractivity contribution in [3.8, 4) is 5.75 Å². The lowest BCUT2D eigenvalue weighted by atomic mass is 10.1. The van der Waals surface area contributed by atoms with Crippen LogP contribution in [-0.4, -0.2) is 29.3 Å². The molecule has 124 valence electrons. The van der Waals surface area contributed by atoms with Crippen LogP contribution in [0.5, 0.6) is 5.75 Å². The molecular weight excluding hydrogens is 300 g/mol. The number of rotatable bonds is 5. The Hall–Kier alpha value is -2.70. The van der Waals surface area contributed by atoms with Gasteiger partial charge in [-0.3, -0.25) is 0 Å². The third-order valence-corrected chi connectivity index (χ3v) is 2.45. The zero-order valence-corrected chi connectivity index (χ0v) is 13.5. The quantitative estimate of drug-likeness (QED) is 0.277. The molecule has 0 aromatic heterocycles. The van der Waals surface area contributed by atoms with Crippen molar-refractivity contribution in [2.45, 2.75) is 39.0 Å². The summed E-state index contributed by atoms with van der Waals surface area (Å²) in [5.41, 5.74) is 8.53. The monoisotopic (exact) mass is 320 g/mol. The normalized spacial score (nSPS) is 13.4. The van der Waals surface area contributed by atoms with Gasteiger partial charge in [-0.2, -0.15) is 4.99 Å². The average Bonchev–Trinajstić information content (AvgIpc) is 2.38. The molecule has 0 radical (unpaired) electrons. The lowest BCUT2D eigenvalue weighted by molar-refractivity contribution is -0.176. The summed E-state index contributed by atoms with van der Waals surface area (Å²) in [4.78, 5) is 30.2. The summed E-state index contributed by atoms with van der Waals surface area (Å²) >= 11 is 0. The lowest BCUT2D eigenvalue weighted by Gasteiger charge is -2.30. The van der Waals surface area contributed by atoms with E-state index < -0.39 is 17.3 Å². The van der Waals surface area contributed by atoms with Gasteiger partial charge in [0.05, 0.1) is 11.3 Å². The van der Waals surface area contributed by atoms with Gasteiger partial charge in [-0.15, -0.1) is 0 Å². The Morgan fingerprint density at radius 3 is 2.13 bits per heavy atom. The molecular formula is C15H20N4O4. The number of isocyanates is 1. The van der Waals surface area contributed by atoms with Crippen molar-refractivity contribution >= 4 is 23.7 Å². The van der Waals surface area contributed by atoms with Crippen molar-refractivity contribution in [1.29, 1.82) is 0 Å². The maximum atomic E-state index is 12.3. The number of benzene rings is 1. The van der Waals surface area contributed by atoms with E-state index in [1.165, 1.54) is 25.1 Å².